The summed E-state index contributed by atoms with van der Waals surface area (Å²) in [6, 6.07) is 4.25. The number of benzene rings is 1. The first kappa shape index (κ1) is 12.6. The molecule has 0 aliphatic carbocycles. The summed E-state index contributed by atoms with van der Waals surface area (Å²) in [6.07, 6.45) is 6.15. The van der Waals surface area contributed by atoms with Crippen LogP contribution in [0.2, 0.25) is 0 Å². The van der Waals surface area contributed by atoms with Gasteiger partial charge in [0.1, 0.15) is 11.6 Å². The average Bonchev–Trinajstić information content (AvgIpc) is 2.87. The molecule has 0 bridgehead atoms. The highest BCUT2D eigenvalue weighted by molar-refractivity contribution is 5.29. The van der Waals surface area contributed by atoms with E-state index in [1.807, 2.05) is 10.8 Å². The van der Waals surface area contributed by atoms with Gasteiger partial charge in [0.15, 0.2) is 0 Å². The van der Waals surface area contributed by atoms with Gasteiger partial charge in [0.2, 0.25) is 0 Å². The van der Waals surface area contributed by atoms with Crippen LogP contribution in [0.1, 0.15) is 12.0 Å². The second-order valence-corrected chi connectivity index (χ2v) is 3.96. The summed E-state index contributed by atoms with van der Waals surface area (Å²) < 4.78 is 20.5. The van der Waals surface area contributed by atoms with E-state index in [1.54, 1.807) is 18.6 Å². The van der Waals surface area contributed by atoms with Gasteiger partial charge in [0.05, 0.1) is 19.5 Å². The Bertz CT molecular complexity index is 486. The van der Waals surface area contributed by atoms with Gasteiger partial charge in [-0.2, -0.15) is 0 Å². The maximum absolute atomic E-state index is 13.1. The molecule has 1 N–H and O–H groups in total. The number of halogens is 1. The quantitative estimate of drug-likeness (QED) is 0.797. The minimum atomic E-state index is -0.397. The first-order chi connectivity index (χ1) is 8.78. The van der Waals surface area contributed by atoms with Gasteiger partial charge in [-0.05, 0) is 24.1 Å². The molecule has 0 amide bonds. The van der Waals surface area contributed by atoms with Gasteiger partial charge in [-0.25, -0.2) is 9.37 Å². The highest BCUT2D eigenvalue weighted by atomic mass is 19.1. The van der Waals surface area contributed by atoms with Crippen molar-refractivity contribution < 1.29 is 14.2 Å². The summed E-state index contributed by atoms with van der Waals surface area (Å²) in [5.74, 6) is 0.0517. The van der Waals surface area contributed by atoms with Crippen molar-refractivity contribution in [3.8, 4) is 5.75 Å². The van der Waals surface area contributed by atoms with Crippen LogP contribution >= 0.6 is 0 Å². The Morgan fingerprint density at radius 2 is 2.22 bits per heavy atom. The van der Waals surface area contributed by atoms with Crippen molar-refractivity contribution in [3.05, 3.63) is 48.3 Å². The van der Waals surface area contributed by atoms with Crippen LogP contribution in [0.15, 0.2) is 36.9 Å². The Balaban J connectivity index is 1.81. The highest BCUT2D eigenvalue weighted by Gasteiger charge is 2.01. The van der Waals surface area contributed by atoms with Crippen LogP contribution in [0.5, 0.6) is 5.75 Å². The molecule has 0 saturated carbocycles. The normalized spacial score (nSPS) is 10.6. The maximum atomic E-state index is 13.1. The number of aromatic nitrogens is 2. The molecule has 1 aromatic carbocycles. The molecule has 0 aliphatic rings. The fraction of sp³-hybridized carbons (Fsp3) is 0.308. The van der Waals surface area contributed by atoms with E-state index in [0.717, 1.165) is 13.0 Å². The fourth-order valence-corrected chi connectivity index (χ4v) is 1.65. The van der Waals surface area contributed by atoms with Gasteiger partial charge >= 0.3 is 0 Å². The molecule has 4 nitrogen and oxygen atoms in total. The first-order valence-electron chi connectivity index (χ1n) is 5.77. The van der Waals surface area contributed by atoms with Crippen molar-refractivity contribution in [1.82, 2.24) is 9.55 Å². The molecule has 5 heteroatoms. The predicted molar refractivity (Wildman–Crippen MR) is 64.7 cm³/mol. The Labute approximate surface area is 105 Å². The van der Waals surface area contributed by atoms with E-state index < -0.39 is 5.82 Å². The van der Waals surface area contributed by atoms with E-state index in [2.05, 4.69) is 4.98 Å². The zero-order chi connectivity index (χ0) is 12.8. The number of aliphatic hydroxyl groups excluding tert-OH is 1. The molecule has 0 unspecified atom stereocenters. The Kier molecular flexibility index (Phi) is 4.30. The Hall–Kier alpha value is -1.88. The Morgan fingerprint density at radius 3 is 2.94 bits per heavy atom. The first-order valence-corrected chi connectivity index (χ1v) is 5.77. The van der Waals surface area contributed by atoms with Gasteiger partial charge in [-0.1, -0.05) is 0 Å². The third-order valence-corrected chi connectivity index (χ3v) is 2.50. The van der Waals surface area contributed by atoms with E-state index in [0.29, 0.717) is 17.9 Å². The maximum Gasteiger partial charge on any atom is 0.127 e. The molecule has 1 aromatic heterocycles. The lowest BCUT2D eigenvalue weighted by molar-refractivity contribution is 0.276. The molecule has 96 valence electrons. The molecule has 18 heavy (non-hydrogen) atoms. The molecule has 1 heterocycles. The molecule has 0 saturated heterocycles. The van der Waals surface area contributed by atoms with Gasteiger partial charge in [-0.3, -0.25) is 0 Å². The average molecular weight is 250 g/mol. The molecule has 0 radical (unpaired) electrons. The topological polar surface area (TPSA) is 47.3 Å². The lowest BCUT2D eigenvalue weighted by Crippen LogP contribution is -2.03. The van der Waals surface area contributed by atoms with Crippen molar-refractivity contribution in [2.45, 2.75) is 19.6 Å². The predicted octanol–water partition coefficient (Wildman–Crippen LogP) is 1.98. The highest BCUT2D eigenvalue weighted by Crippen LogP contribution is 2.16. The Morgan fingerprint density at radius 1 is 1.33 bits per heavy atom. The SMILES string of the molecule is OCc1cc(F)cc(OCCCn2ccnc2)c1. The summed E-state index contributed by atoms with van der Waals surface area (Å²) in [6.45, 7) is 1.11. The van der Waals surface area contributed by atoms with Crippen molar-refractivity contribution in [2.24, 2.45) is 0 Å². The monoisotopic (exact) mass is 250 g/mol. The van der Waals surface area contributed by atoms with Crippen LogP contribution < -0.4 is 4.74 Å². The second kappa shape index (κ2) is 6.16. The number of hydrogen-bond acceptors (Lipinski definition) is 3. The van der Waals surface area contributed by atoms with Crippen molar-refractivity contribution in [2.75, 3.05) is 6.61 Å². The van der Waals surface area contributed by atoms with Crippen molar-refractivity contribution >= 4 is 0 Å². The fourth-order valence-electron chi connectivity index (χ4n) is 1.65. The van der Waals surface area contributed by atoms with Crippen LogP contribution in [0.3, 0.4) is 0 Å². The summed E-state index contributed by atoms with van der Waals surface area (Å²) in [7, 11) is 0. The molecule has 0 atom stereocenters. The van der Waals surface area contributed by atoms with Crippen LogP contribution in [-0.2, 0) is 13.2 Å². The summed E-state index contributed by atoms with van der Waals surface area (Å²) in [5.41, 5.74) is 0.514. The number of aryl methyl sites for hydroxylation is 1. The minimum Gasteiger partial charge on any atom is -0.493 e. The van der Waals surface area contributed by atoms with Crippen molar-refractivity contribution in [3.63, 3.8) is 0 Å². The molecule has 0 fully saturated rings. The summed E-state index contributed by atoms with van der Waals surface area (Å²) in [5, 5.41) is 8.95. The zero-order valence-corrected chi connectivity index (χ0v) is 9.92. The third kappa shape index (κ3) is 3.56. The van der Waals surface area contributed by atoms with E-state index in [1.165, 1.54) is 12.1 Å². The van der Waals surface area contributed by atoms with E-state index in [4.69, 9.17) is 9.84 Å². The molecular formula is C13H15FN2O2. The molecule has 0 spiro atoms. The minimum absolute atomic E-state index is 0.191. The zero-order valence-electron chi connectivity index (χ0n) is 9.92. The lowest BCUT2D eigenvalue weighted by atomic mass is 10.2. The number of hydrogen-bond donors (Lipinski definition) is 1. The van der Waals surface area contributed by atoms with Gasteiger partial charge in [-0.15, -0.1) is 0 Å². The number of rotatable bonds is 6. The van der Waals surface area contributed by atoms with Gasteiger partial charge in [0.25, 0.3) is 0 Å². The van der Waals surface area contributed by atoms with Crippen molar-refractivity contribution in [1.29, 1.82) is 0 Å². The van der Waals surface area contributed by atoms with Crippen LogP contribution in [0.4, 0.5) is 4.39 Å². The van der Waals surface area contributed by atoms with Gasteiger partial charge in [0, 0.05) is 25.0 Å². The molecular weight excluding hydrogens is 235 g/mol. The lowest BCUT2D eigenvalue weighted by Gasteiger charge is -2.08. The smallest absolute Gasteiger partial charge is 0.127 e. The largest absolute Gasteiger partial charge is 0.493 e. The van der Waals surface area contributed by atoms with Gasteiger partial charge < -0.3 is 14.4 Å². The molecule has 2 rings (SSSR count). The summed E-state index contributed by atoms with van der Waals surface area (Å²) in [4.78, 5) is 3.94. The number of nitrogens with zero attached hydrogens (tertiary/aromatic N) is 2. The van der Waals surface area contributed by atoms with E-state index >= 15 is 0 Å². The van der Waals surface area contributed by atoms with Crippen LogP contribution in [-0.4, -0.2) is 21.3 Å². The number of ether oxygens (including phenoxy) is 1. The third-order valence-electron chi connectivity index (χ3n) is 2.50. The number of imidazole rings is 1. The van der Waals surface area contributed by atoms with E-state index in [-0.39, 0.29) is 6.61 Å². The second-order valence-electron chi connectivity index (χ2n) is 3.96. The summed E-state index contributed by atoms with van der Waals surface area (Å²) >= 11 is 0. The standard InChI is InChI=1S/C13H15FN2O2/c14-12-6-11(9-17)7-13(8-12)18-5-1-3-16-4-2-15-10-16/h2,4,6-8,10,17H,1,3,5,9H2. The number of aliphatic hydroxyl groups is 1. The molecule has 2 aromatic rings. The van der Waals surface area contributed by atoms with Crippen LogP contribution in [0.25, 0.3) is 0 Å². The van der Waals surface area contributed by atoms with E-state index in [9.17, 15) is 4.39 Å². The molecule has 0 aliphatic heterocycles. The van der Waals surface area contributed by atoms with Crippen LogP contribution in [0, 0.1) is 5.82 Å².